The highest BCUT2D eigenvalue weighted by atomic mass is 19.1. The molecule has 0 fully saturated rings. The van der Waals surface area contributed by atoms with E-state index in [1.54, 1.807) is 13.2 Å². The molecule has 1 unspecified atom stereocenters. The van der Waals surface area contributed by atoms with Crippen LogP contribution in [0.5, 0.6) is 5.75 Å². The second kappa shape index (κ2) is 8.12. The third-order valence-electron chi connectivity index (χ3n) is 2.77. The number of hydrogen-bond donors (Lipinski definition) is 1. The molecule has 0 saturated heterocycles. The van der Waals surface area contributed by atoms with E-state index in [2.05, 4.69) is 19.2 Å². The van der Waals surface area contributed by atoms with E-state index in [0.29, 0.717) is 24.9 Å². The van der Waals surface area contributed by atoms with Gasteiger partial charge in [-0.1, -0.05) is 19.9 Å². The van der Waals surface area contributed by atoms with Crippen LogP contribution in [0.15, 0.2) is 18.2 Å². The van der Waals surface area contributed by atoms with Crippen molar-refractivity contribution in [1.82, 2.24) is 5.32 Å². The third kappa shape index (κ3) is 6.03. The average Bonchev–Trinajstić information content (AvgIpc) is 2.36. The number of benzene rings is 1. The Hall–Kier alpha value is -1.13. The van der Waals surface area contributed by atoms with Gasteiger partial charge in [0.2, 0.25) is 0 Å². The van der Waals surface area contributed by atoms with Crippen molar-refractivity contribution in [2.24, 2.45) is 0 Å². The molecule has 1 N–H and O–H groups in total. The predicted molar refractivity (Wildman–Crippen MR) is 75.0 cm³/mol. The summed E-state index contributed by atoms with van der Waals surface area (Å²) in [7, 11) is 1.64. The molecule has 1 atom stereocenters. The number of rotatable bonds is 8. The maximum absolute atomic E-state index is 13.9. The molecule has 1 aromatic rings. The van der Waals surface area contributed by atoms with Gasteiger partial charge in [-0.05, 0) is 24.6 Å². The van der Waals surface area contributed by atoms with Crippen LogP contribution in [0.3, 0.4) is 0 Å². The van der Waals surface area contributed by atoms with Gasteiger partial charge < -0.3 is 14.8 Å². The van der Waals surface area contributed by atoms with Crippen molar-refractivity contribution >= 4 is 0 Å². The van der Waals surface area contributed by atoms with Gasteiger partial charge in [-0.2, -0.15) is 0 Å². The van der Waals surface area contributed by atoms with Gasteiger partial charge in [-0.15, -0.1) is 0 Å². The van der Waals surface area contributed by atoms with Crippen molar-refractivity contribution < 1.29 is 13.9 Å². The second-order valence-corrected chi connectivity index (χ2v) is 5.01. The first-order chi connectivity index (χ1) is 9.02. The summed E-state index contributed by atoms with van der Waals surface area (Å²) in [5.41, 5.74) is 0.920. The zero-order chi connectivity index (χ0) is 14.3. The first kappa shape index (κ1) is 15.9. The highest BCUT2D eigenvalue weighted by molar-refractivity contribution is 5.29. The molecule has 19 heavy (non-hydrogen) atoms. The quantitative estimate of drug-likeness (QED) is 0.786. The summed E-state index contributed by atoms with van der Waals surface area (Å²) in [6.07, 6.45) is 0.682. The Morgan fingerprint density at radius 2 is 2.00 bits per heavy atom. The van der Waals surface area contributed by atoms with Crippen LogP contribution in [0.2, 0.25) is 0 Å². The molecule has 3 nitrogen and oxygen atoms in total. The molecule has 1 rings (SSSR count). The molecule has 0 amide bonds. The molecule has 0 radical (unpaired) electrons. The topological polar surface area (TPSA) is 30.5 Å². The van der Waals surface area contributed by atoms with Crippen LogP contribution in [-0.2, 0) is 11.3 Å². The SMILES string of the molecule is COCCC(C)Oc1ccc(CNC(C)C)cc1F. The monoisotopic (exact) mass is 269 g/mol. The molecular weight excluding hydrogens is 245 g/mol. The lowest BCUT2D eigenvalue weighted by molar-refractivity contribution is 0.132. The van der Waals surface area contributed by atoms with Gasteiger partial charge in [0.25, 0.3) is 0 Å². The minimum Gasteiger partial charge on any atom is -0.488 e. The maximum atomic E-state index is 13.9. The van der Waals surface area contributed by atoms with E-state index in [0.717, 1.165) is 12.0 Å². The predicted octanol–water partition coefficient (Wildman–Crippen LogP) is 3.13. The Bertz CT molecular complexity index is 382. The lowest BCUT2D eigenvalue weighted by atomic mass is 10.2. The number of halogens is 1. The van der Waals surface area contributed by atoms with E-state index >= 15 is 0 Å². The zero-order valence-corrected chi connectivity index (χ0v) is 12.2. The van der Waals surface area contributed by atoms with Crippen molar-refractivity contribution in [3.05, 3.63) is 29.6 Å². The molecule has 108 valence electrons. The molecule has 0 aliphatic carbocycles. The van der Waals surface area contributed by atoms with Crippen LogP contribution in [0.25, 0.3) is 0 Å². The summed E-state index contributed by atoms with van der Waals surface area (Å²) in [5.74, 6) is -0.00998. The summed E-state index contributed by atoms with van der Waals surface area (Å²) in [6, 6.07) is 5.48. The smallest absolute Gasteiger partial charge is 0.165 e. The van der Waals surface area contributed by atoms with E-state index in [1.807, 2.05) is 13.0 Å². The summed E-state index contributed by atoms with van der Waals surface area (Å²) in [4.78, 5) is 0. The van der Waals surface area contributed by atoms with E-state index in [4.69, 9.17) is 9.47 Å². The van der Waals surface area contributed by atoms with Crippen LogP contribution in [-0.4, -0.2) is 25.9 Å². The molecule has 1 aromatic carbocycles. The normalized spacial score (nSPS) is 12.7. The third-order valence-corrected chi connectivity index (χ3v) is 2.77. The standard InChI is InChI=1S/C15H24FNO2/c1-11(2)17-10-13-5-6-15(14(16)9-13)19-12(3)7-8-18-4/h5-6,9,11-12,17H,7-8,10H2,1-4H3. The fourth-order valence-corrected chi connectivity index (χ4v) is 1.63. The molecule has 4 heteroatoms. The molecule has 0 spiro atoms. The van der Waals surface area contributed by atoms with E-state index in [9.17, 15) is 4.39 Å². The molecule has 0 heterocycles. The van der Waals surface area contributed by atoms with Crippen LogP contribution in [0.4, 0.5) is 4.39 Å². The highest BCUT2D eigenvalue weighted by Gasteiger charge is 2.09. The van der Waals surface area contributed by atoms with E-state index in [1.165, 1.54) is 6.07 Å². The van der Waals surface area contributed by atoms with Crippen molar-refractivity contribution in [2.45, 2.75) is 45.9 Å². The Balaban J connectivity index is 2.56. The average molecular weight is 269 g/mol. The molecule has 0 aromatic heterocycles. The highest BCUT2D eigenvalue weighted by Crippen LogP contribution is 2.20. The van der Waals surface area contributed by atoms with Gasteiger partial charge in [0.1, 0.15) is 0 Å². The lowest BCUT2D eigenvalue weighted by Gasteiger charge is -2.15. The van der Waals surface area contributed by atoms with Crippen molar-refractivity contribution in [1.29, 1.82) is 0 Å². The van der Waals surface area contributed by atoms with Gasteiger partial charge >= 0.3 is 0 Å². The summed E-state index contributed by atoms with van der Waals surface area (Å²) < 4.78 is 24.4. The van der Waals surface area contributed by atoms with Gasteiger partial charge in [0.05, 0.1) is 6.10 Å². The number of nitrogens with one attached hydrogen (secondary N) is 1. The fraction of sp³-hybridized carbons (Fsp3) is 0.600. The summed E-state index contributed by atoms with van der Waals surface area (Å²) in [6.45, 7) is 7.30. The Morgan fingerprint density at radius 1 is 1.26 bits per heavy atom. The van der Waals surface area contributed by atoms with Gasteiger partial charge in [0.15, 0.2) is 11.6 Å². The Labute approximate surface area is 115 Å². The van der Waals surface area contributed by atoms with E-state index in [-0.39, 0.29) is 11.9 Å². The van der Waals surface area contributed by atoms with Gasteiger partial charge in [0, 0.05) is 32.7 Å². The van der Waals surface area contributed by atoms with Crippen LogP contribution >= 0.6 is 0 Å². The first-order valence-electron chi connectivity index (χ1n) is 6.70. The van der Waals surface area contributed by atoms with Gasteiger partial charge in [-0.3, -0.25) is 0 Å². The van der Waals surface area contributed by atoms with Crippen molar-refractivity contribution in [3.63, 3.8) is 0 Å². The van der Waals surface area contributed by atoms with E-state index < -0.39 is 0 Å². The van der Waals surface area contributed by atoms with Crippen LogP contribution in [0.1, 0.15) is 32.8 Å². The first-order valence-corrected chi connectivity index (χ1v) is 6.70. The Kier molecular flexibility index (Phi) is 6.81. The summed E-state index contributed by atoms with van der Waals surface area (Å²) >= 11 is 0. The van der Waals surface area contributed by atoms with Crippen LogP contribution in [0, 0.1) is 5.82 Å². The lowest BCUT2D eigenvalue weighted by Crippen LogP contribution is -2.22. The largest absolute Gasteiger partial charge is 0.488 e. The fourth-order valence-electron chi connectivity index (χ4n) is 1.63. The molecule has 0 aliphatic rings. The number of hydrogen-bond acceptors (Lipinski definition) is 3. The minimum absolute atomic E-state index is 0.0610. The summed E-state index contributed by atoms with van der Waals surface area (Å²) in [5, 5.41) is 3.25. The second-order valence-electron chi connectivity index (χ2n) is 5.01. The maximum Gasteiger partial charge on any atom is 0.165 e. The number of methoxy groups -OCH3 is 1. The van der Waals surface area contributed by atoms with Gasteiger partial charge in [-0.25, -0.2) is 4.39 Å². The molecule has 0 bridgehead atoms. The minimum atomic E-state index is -0.313. The molecular formula is C15H24FNO2. The van der Waals surface area contributed by atoms with Crippen LogP contribution < -0.4 is 10.1 Å². The number of ether oxygens (including phenoxy) is 2. The molecule has 0 saturated carbocycles. The van der Waals surface area contributed by atoms with Crippen molar-refractivity contribution in [3.8, 4) is 5.75 Å². The van der Waals surface area contributed by atoms with Crippen molar-refractivity contribution in [2.75, 3.05) is 13.7 Å². The Morgan fingerprint density at radius 3 is 2.58 bits per heavy atom. The zero-order valence-electron chi connectivity index (χ0n) is 12.2. The molecule has 0 aliphatic heterocycles.